The van der Waals surface area contributed by atoms with Gasteiger partial charge in [-0.15, -0.1) is 11.3 Å². The molecule has 270 valence electrons. The first-order valence-corrected chi connectivity index (χ1v) is 17.7. The molecule has 3 aromatic rings. The van der Waals surface area contributed by atoms with Crippen LogP contribution in [-0.4, -0.2) is 90.3 Å². The van der Waals surface area contributed by atoms with Crippen molar-refractivity contribution in [1.29, 1.82) is 0 Å². The minimum absolute atomic E-state index is 0.00127. The van der Waals surface area contributed by atoms with E-state index in [4.69, 9.17) is 14.2 Å². The number of carbonyl (C=O) groups is 4. The van der Waals surface area contributed by atoms with Gasteiger partial charge < -0.3 is 34.9 Å². The molecule has 1 fully saturated rings. The van der Waals surface area contributed by atoms with Crippen molar-refractivity contribution < 1.29 is 38.5 Å². The number of aliphatic hydroxyl groups is 1. The number of amides is 3. The van der Waals surface area contributed by atoms with Crippen LogP contribution < -0.4 is 15.4 Å². The maximum atomic E-state index is 13.8. The van der Waals surface area contributed by atoms with E-state index in [1.165, 1.54) is 12.0 Å². The highest BCUT2D eigenvalue weighted by Crippen LogP contribution is 2.28. The predicted octanol–water partition coefficient (Wildman–Crippen LogP) is 4.28. The summed E-state index contributed by atoms with van der Waals surface area (Å²) in [6.07, 6.45) is 1.59. The molecule has 50 heavy (non-hydrogen) atoms. The Labute approximate surface area is 297 Å². The monoisotopic (exact) mass is 708 g/mol. The minimum atomic E-state index is -0.930. The summed E-state index contributed by atoms with van der Waals surface area (Å²) in [5, 5.41) is 16.2. The Balaban J connectivity index is 1.20. The number of nitrogens with zero attached hydrogens (tertiary/aromatic N) is 2. The molecule has 13 heteroatoms. The van der Waals surface area contributed by atoms with E-state index >= 15 is 0 Å². The summed E-state index contributed by atoms with van der Waals surface area (Å²) in [5.74, 6) is -0.959. The average Bonchev–Trinajstić information content (AvgIpc) is 3.71. The number of esters is 1. The zero-order chi connectivity index (χ0) is 36.3. The van der Waals surface area contributed by atoms with Crippen LogP contribution in [0.2, 0.25) is 0 Å². The highest BCUT2D eigenvalue weighted by atomic mass is 32.1. The lowest BCUT2D eigenvalue weighted by atomic mass is 9.85. The number of rotatable bonds is 16. The number of thiazole rings is 1. The number of aliphatic hydroxyl groups excluding tert-OH is 1. The number of likely N-dealkylation sites (tertiary alicyclic amines) is 1. The third-order valence-corrected chi connectivity index (χ3v) is 9.40. The number of hydrogen-bond acceptors (Lipinski definition) is 10. The van der Waals surface area contributed by atoms with Gasteiger partial charge >= 0.3 is 5.97 Å². The van der Waals surface area contributed by atoms with Gasteiger partial charge in [0.2, 0.25) is 17.7 Å². The van der Waals surface area contributed by atoms with Crippen molar-refractivity contribution in [3.63, 3.8) is 0 Å². The van der Waals surface area contributed by atoms with E-state index in [2.05, 4.69) is 15.6 Å². The van der Waals surface area contributed by atoms with Gasteiger partial charge in [0.05, 0.1) is 41.5 Å². The minimum Gasteiger partial charge on any atom is -0.494 e. The molecule has 1 aliphatic heterocycles. The van der Waals surface area contributed by atoms with Crippen LogP contribution in [-0.2, 0) is 30.4 Å². The molecule has 12 nitrogen and oxygen atoms in total. The van der Waals surface area contributed by atoms with Gasteiger partial charge in [0.15, 0.2) is 0 Å². The quantitative estimate of drug-likeness (QED) is 0.146. The van der Waals surface area contributed by atoms with Crippen LogP contribution in [0.1, 0.15) is 68.1 Å². The van der Waals surface area contributed by atoms with Crippen molar-refractivity contribution in [3.05, 3.63) is 70.9 Å². The van der Waals surface area contributed by atoms with Crippen molar-refractivity contribution in [2.24, 2.45) is 5.41 Å². The molecule has 3 amide bonds. The van der Waals surface area contributed by atoms with Gasteiger partial charge in [0.25, 0.3) is 0 Å². The van der Waals surface area contributed by atoms with E-state index in [1.807, 2.05) is 57.5 Å². The second-order valence-electron chi connectivity index (χ2n) is 13.4. The highest BCUT2D eigenvalue weighted by molar-refractivity contribution is 7.13. The fourth-order valence-corrected chi connectivity index (χ4v) is 6.44. The zero-order valence-corrected chi connectivity index (χ0v) is 30.2. The number of benzene rings is 2. The number of carbonyl (C=O) groups excluding carboxylic acids is 4. The number of methoxy groups -OCH3 is 1. The fourth-order valence-electron chi connectivity index (χ4n) is 5.63. The molecule has 0 saturated carbocycles. The Bertz CT molecular complexity index is 1590. The third kappa shape index (κ3) is 10.8. The molecule has 3 atom stereocenters. The Morgan fingerprint density at radius 1 is 1.02 bits per heavy atom. The van der Waals surface area contributed by atoms with Crippen molar-refractivity contribution >= 4 is 35.0 Å². The Hall–Kier alpha value is -4.33. The van der Waals surface area contributed by atoms with Crippen molar-refractivity contribution in [3.8, 4) is 16.2 Å². The lowest BCUT2D eigenvalue weighted by Crippen LogP contribution is -2.58. The summed E-state index contributed by atoms with van der Waals surface area (Å²) in [4.78, 5) is 58.3. The van der Waals surface area contributed by atoms with E-state index in [0.29, 0.717) is 24.5 Å². The summed E-state index contributed by atoms with van der Waals surface area (Å²) >= 11 is 1.57. The molecular formula is C37H48N4O8S. The van der Waals surface area contributed by atoms with Crippen LogP contribution in [0.3, 0.4) is 0 Å². The van der Waals surface area contributed by atoms with Crippen LogP contribution in [0.5, 0.6) is 5.75 Å². The molecule has 3 unspecified atom stereocenters. The molecule has 0 spiro atoms. The standard InChI is InChI=1S/C37H48N4O8S/c1-24-32(50-23-39-24)26-11-9-25(10-12-26)20-38-34(44)30-19-28(42)21-41(30)35(45)33(37(2,3)4)40-31(43)22-48-17-7-6-8-18-49-29-15-13-27(14-16-29)36(46)47-5/h9-16,23,28,30,33,42H,6-8,17-22H2,1-5H3,(H,38,44)(H,40,43). The number of unbranched alkanes of at least 4 members (excludes halogenated alkanes) is 2. The summed E-state index contributed by atoms with van der Waals surface area (Å²) < 4.78 is 16.0. The maximum absolute atomic E-state index is 13.8. The molecular weight excluding hydrogens is 660 g/mol. The Morgan fingerprint density at radius 3 is 2.36 bits per heavy atom. The molecule has 1 aliphatic rings. The lowest BCUT2D eigenvalue weighted by molar-refractivity contribution is -0.144. The van der Waals surface area contributed by atoms with E-state index in [-0.39, 0.29) is 32.0 Å². The van der Waals surface area contributed by atoms with Gasteiger partial charge in [-0.05, 0) is 67.0 Å². The smallest absolute Gasteiger partial charge is 0.337 e. The summed E-state index contributed by atoms with van der Waals surface area (Å²) in [5.41, 5.74) is 4.53. The summed E-state index contributed by atoms with van der Waals surface area (Å²) in [6, 6.07) is 12.8. The van der Waals surface area contributed by atoms with Gasteiger partial charge in [0, 0.05) is 26.1 Å². The van der Waals surface area contributed by atoms with Gasteiger partial charge in [0.1, 0.15) is 24.4 Å². The normalized spacial score (nSPS) is 16.5. The second kappa shape index (κ2) is 18.1. The van der Waals surface area contributed by atoms with Gasteiger partial charge in [-0.3, -0.25) is 14.4 Å². The summed E-state index contributed by atoms with van der Waals surface area (Å²) in [7, 11) is 1.33. The molecule has 0 aliphatic carbocycles. The number of aromatic nitrogens is 1. The number of aryl methyl sites for hydroxylation is 1. The molecule has 0 radical (unpaired) electrons. The molecule has 1 saturated heterocycles. The van der Waals surface area contributed by atoms with E-state index in [0.717, 1.165) is 41.0 Å². The van der Waals surface area contributed by atoms with Crippen molar-refractivity contribution in [2.75, 3.05) is 33.5 Å². The largest absolute Gasteiger partial charge is 0.494 e. The molecule has 2 aromatic carbocycles. The SMILES string of the molecule is COC(=O)c1ccc(OCCCCCOCC(=O)NC(C(=O)N2CC(O)CC2C(=O)NCc2ccc(-c3scnc3C)cc2)C(C)(C)C)cc1. The van der Waals surface area contributed by atoms with E-state index in [9.17, 15) is 24.3 Å². The van der Waals surface area contributed by atoms with Crippen molar-refractivity contribution in [1.82, 2.24) is 20.5 Å². The van der Waals surface area contributed by atoms with Crippen LogP contribution in [0, 0.1) is 12.3 Å². The molecule has 1 aromatic heterocycles. The van der Waals surface area contributed by atoms with E-state index < -0.39 is 41.4 Å². The predicted molar refractivity (Wildman–Crippen MR) is 190 cm³/mol. The average molecular weight is 709 g/mol. The first-order chi connectivity index (χ1) is 23.9. The van der Waals surface area contributed by atoms with Gasteiger partial charge in [-0.25, -0.2) is 9.78 Å². The molecule has 0 bridgehead atoms. The number of hydrogen-bond donors (Lipinski definition) is 3. The van der Waals surface area contributed by atoms with Crippen LogP contribution in [0.15, 0.2) is 54.0 Å². The fraction of sp³-hybridized carbons (Fsp3) is 0.486. The maximum Gasteiger partial charge on any atom is 0.337 e. The van der Waals surface area contributed by atoms with Crippen LogP contribution in [0.4, 0.5) is 0 Å². The number of ether oxygens (including phenoxy) is 3. The highest BCUT2D eigenvalue weighted by Gasteiger charge is 2.44. The first-order valence-electron chi connectivity index (χ1n) is 16.8. The molecule has 3 N–H and O–H groups in total. The van der Waals surface area contributed by atoms with Crippen LogP contribution in [0.25, 0.3) is 10.4 Å². The van der Waals surface area contributed by atoms with Crippen LogP contribution >= 0.6 is 11.3 Å². The Kier molecular flexibility index (Phi) is 13.9. The first kappa shape index (κ1) is 38.5. The van der Waals surface area contributed by atoms with E-state index in [1.54, 1.807) is 35.6 Å². The van der Waals surface area contributed by atoms with Gasteiger partial charge in [-0.1, -0.05) is 45.0 Å². The van der Waals surface area contributed by atoms with Gasteiger partial charge in [-0.2, -0.15) is 0 Å². The van der Waals surface area contributed by atoms with Crippen molar-refractivity contribution in [2.45, 2.75) is 78.1 Å². The second-order valence-corrected chi connectivity index (χ2v) is 14.3. The summed E-state index contributed by atoms with van der Waals surface area (Å²) in [6.45, 7) is 8.40. The number of β-amino-alcohol motifs (C(OH)–C–C–N with tert-alkyl or cyclic N) is 1. The third-order valence-electron chi connectivity index (χ3n) is 8.42. The topological polar surface area (TPSA) is 156 Å². The number of nitrogens with one attached hydrogen (secondary N) is 2. The Morgan fingerprint density at radius 2 is 1.72 bits per heavy atom. The zero-order valence-electron chi connectivity index (χ0n) is 29.4. The molecule has 4 rings (SSSR count). The lowest BCUT2D eigenvalue weighted by Gasteiger charge is -2.35. The molecule has 2 heterocycles.